The lowest BCUT2D eigenvalue weighted by atomic mass is 9.83. The van der Waals surface area contributed by atoms with Crippen LogP contribution in [0.3, 0.4) is 0 Å². The summed E-state index contributed by atoms with van der Waals surface area (Å²) in [5.74, 6) is -5.31. The standard InChI is InChI=1S/C23H30FN3O2S.C6H8O7/c1-22(2,3)26-21(28)17(10-19-14-30-15-25-19)12-27-8-6-23(7-9-27)20-11-18(24)5-4-16(20)13-29-23;7-3(8)1-6(13,5(11)12)2-4(9)10/h4-5,11,14-15,17H,6-10,12-13H2,1-3H3,(H,26,28);13H,1-2H2,(H,7,8)(H,9,10)(H,11,12). The van der Waals surface area contributed by atoms with Crippen LogP contribution in [0.25, 0.3) is 0 Å². The van der Waals surface area contributed by atoms with E-state index >= 15 is 0 Å². The molecule has 5 N–H and O–H groups in total. The Hall–Kier alpha value is -3.46. The Balaban J connectivity index is 0.000000331. The number of carboxylic acids is 3. The number of carbonyl (C=O) groups is 4. The van der Waals surface area contributed by atoms with Crippen molar-refractivity contribution in [3.05, 3.63) is 51.7 Å². The van der Waals surface area contributed by atoms with Crippen molar-refractivity contribution in [3.63, 3.8) is 0 Å². The Morgan fingerprint density at radius 1 is 1.12 bits per heavy atom. The van der Waals surface area contributed by atoms with Crippen LogP contribution in [-0.2, 0) is 42.5 Å². The number of fused-ring (bicyclic) bond motifs is 2. The minimum absolute atomic E-state index is 0.0697. The molecule has 1 atom stereocenters. The third-order valence-corrected chi connectivity index (χ3v) is 7.94. The van der Waals surface area contributed by atoms with Gasteiger partial charge in [-0.2, -0.15) is 0 Å². The zero-order chi connectivity index (χ0) is 32.0. The Morgan fingerprint density at radius 3 is 2.26 bits per heavy atom. The number of aromatic nitrogens is 1. The molecule has 43 heavy (non-hydrogen) atoms. The number of hydrogen-bond donors (Lipinski definition) is 5. The Bertz CT molecular complexity index is 1290. The number of ether oxygens (including phenoxy) is 1. The van der Waals surface area contributed by atoms with Gasteiger partial charge in [0.1, 0.15) is 5.82 Å². The fraction of sp³-hybridized carbons (Fsp3) is 0.552. The molecule has 1 spiro atoms. The van der Waals surface area contributed by atoms with E-state index < -0.39 is 36.4 Å². The molecule has 0 bridgehead atoms. The van der Waals surface area contributed by atoms with Crippen LogP contribution in [0.2, 0.25) is 0 Å². The number of nitrogens with zero attached hydrogens (tertiary/aromatic N) is 2. The monoisotopic (exact) mass is 623 g/mol. The van der Waals surface area contributed by atoms with Crippen molar-refractivity contribution in [2.24, 2.45) is 5.92 Å². The lowest BCUT2D eigenvalue weighted by Gasteiger charge is -2.40. The average Bonchev–Trinajstić information content (AvgIpc) is 3.52. The highest BCUT2D eigenvalue weighted by Crippen LogP contribution is 2.44. The molecule has 2 aliphatic heterocycles. The van der Waals surface area contributed by atoms with Crippen LogP contribution >= 0.6 is 11.3 Å². The number of rotatable bonds is 10. The van der Waals surface area contributed by atoms with Crippen molar-refractivity contribution in [2.75, 3.05) is 19.6 Å². The summed E-state index contributed by atoms with van der Waals surface area (Å²) < 4.78 is 20.0. The molecular weight excluding hydrogens is 585 g/mol. The van der Waals surface area contributed by atoms with Gasteiger partial charge in [0, 0.05) is 37.0 Å². The van der Waals surface area contributed by atoms with Gasteiger partial charge in [-0.15, -0.1) is 11.3 Å². The number of benzene rings is 1. The predicted octanol–water partition coefficient (Wildman–Crippen LogP) is 2.63. The SMILES string of the molecule is CC(C)(C)NC(=O)C(Cc1cscn1)CN1CCC2(CC1)OCc1ccc(F)cc12.O=C(O)CC(O)(CC(=O)O)C(=O)O. The molecule has 0 saturated carbocycles. The number of carboxylic acid groups (broad SMARTS) is 3. The molecule has 1 saturated heterocycles. The number of aliphatic hydroxyl groups is 1. The molecule has 0 aliphatic carbocycles. The number of carbonyl (C=O) groups excluding carboxylic acids is 1. The van der Waals surface area contributed by atoms with Crippen molar-refractivity contribution in [1.82, 2.24) is 15.2 Å². The molecule has 1 amide bonds. The van der Waals surface area contributed by atoms with Gasteiger partial charge in [-0.25, -0.2) is 14.2 Å². The number of likely N-dealkylation sites (tertiary alicyclic amines) is 1. The van der Waals surface area contributed by atoms with E-state index in [1.165, 1.54) is 6.07 Å². The summed E-state index contributed by atoms with van der Waals surface area (Å²) in [5.41, 5.74) is 1.49. The predicted molar refractivity (Wildman–Crippen MR) is 153 cm³/mol. The first-order chi connectivity index (χ1) is 20.0. The molecule has 236 valence electrons. The van der Waals surface area contributed by atoms with E-state index in [2.05, 4.69) is 15.2 Å². The highest BCUT2D eigenvalue weighted by Gasteiger charge is 2.43. The highest BCUT2D eigenvalue weighted by molar-refractivity contribution is 7.07. The molecule has 1 unspecified atom stereocenters. The molecule has 12 nitrogen and oxygen atoms in total. The second-order valence-corrected chi connectivity index (χ2v) is 12.7. The van der Waals surface area contributed by atoms with E-state index in [1.807, 2.05) is 37.7 Å². The highest BCUT2D eigenvalue weighted by atomic mass is 32.1. The van der Waals surface area contributed by atoms with Crippen LogP contribution in [0.15, 0.2) is 29.1 Å². The maximum atomic E-state index is 13.8. The van der Waals surface area contributed by atoms with Crippen LogP contribution in [-0.4, -0.2) is 84.9 Å². The minimum atomic E-state index is -2.74. The summed E-state index contributed by atoms with van der Waals surface area (Å²) in [7, 11) is 0. The molecule has 1 fully saturated rings. The second-order valence-electron chi connectivity index (χ2n) is 12.0. The van der Waals surface area contributed by atoms with Crippen molar-refractivity contribution < 1.29 is 48.7 Å². The third kappa shape index (κ3) is 9.51. The van der Waals surface area contributed by atoms with Crippen LogP contribution in [0, 0.1) is 11.7 Å². The molecule has 4 rings (SSSR count). The zero-order valence-corrected chi connectivity index (χ0v) is 25.2. The zero-order valence-electron chi connectivity index (χ0n) is 24.3. The van der Waals surface area contributed by atoms with E-state index in [-0.39, 0.29) is 28.8 Å². The van der Waals surface area contributed by atoms with Gasteiger partial charge in [0.05, 0.1) is 42.2 Å². The molecule has 2 aromatic rings. The van der Waals surface area contributed by atoms with Gasteiger partial charge < -0.3 is 35.4 Å². The van der Waals surface area contributed by atoms with Crippen molar-refractivity contribution in [3.8, 4) is 0 Å². The van der Waals surface area contributed by atoms with E-state index in [1.54, 1.807) is 17.4 Å². The second kappa shape index (κ2) is 13.9. The summed E-state index contributed by atoms with van der Waals surface area (Å²) in [6.45, 7) is 8.90. The molecule has 0 radical (unpaired) electrons. The Kier molecular flexibility index (Phi) is 11.0. The first kappa shape index (κ1) is 34.0. The first-order valence-corrected chi connectivity index (χ1v) is 14.7. The summed E-state index contributed by atoms with van der Waals surface area (Å²) in [6, 6.07) is 4.99. The topological polar surface area (TPSA) is 187 Å². The summed E-state index contributed by atoms with van der Waals surface area (Å²) >= 11 is 1.56. The molecule has 14 heteroatoms. The normalized spacial score (nSPS) is 17.0. The summed E-state index contributed by atoms with van der Waals surface area (Å²) in [5, 5.41) is 39.0. The lowest BCUT2D eigenvalue weighted by molar-refractivity contribution is -0.170. The first-order valence-electron chi connectivity index (χ1n) is 13.8. The van der Waals surface area contributed by atoms with Gasteiger partial charge in [-0.3, -0.25) is 14.4 Å². The van der Waals surface area contributed by atoms with Gasteiger partial charge >= 0.3 is 17.9 Å². The maximum absolute atomic E-state index is 13.8. The fourth-order valence-corrected chi connectivity index (χ4v) is 5.80. The fourth-order valence-electron chi connectivity index (χ4n) is 5.23. The number of aliphatic carboxylic acids is 3. The number of halogens is 1. The maximum Gasteiger partial charge on any atom is 0.336 e. The Labute approximate surface area is 252 Å². The van der Waals surface area contributed by atoms with Crippen LogP contribution in [0.5, 0.6) is 0 Å². The van der Waals surface area contributed by atoms with Crippen molar-refractivity contribution in [2.45, 2.75) is 76.2 Å². The molecular formula is C29H38FN3O9S. The smallest absolute Gasteiger partial charge is 0.336 e. The molecule has 3 heterocycles. The van der Waals surface area contributed by atoms with Crippen LogP contribution in [0.4, 0.5) is 4.39 Å². The molecule has 2 aliphatic rings. The van der Waals surface area contributed by atoms with Crippen molar-refractivity contribution in [1.29, 1.82) is 0 Å². The van der Waals surface area contributed by atoms with E-state index in [4.69, 9.17) is 25.2 Å². The average molecular weight is 624 g/mol. The van der Waals surface area contributed by atoms with Crippen molar-refractivity contribution >= 4 is 35.2 Å². The lowest BCUT2D eigenvalue weighted by Crippen LogP contribution is -2.49. The summed E-state index contributed by atoms with van der Waals surface area (Å²) in [6.07, 6.45) is -0.0254. The van der Waals surface area contributed by atoms with Crippen LogP contribution in [0.1, 0.15) is 63.3 Å². The van der Waals surface area contributed by atoms with Gasteiger partial charge in [0.2, 0.25) is 5.91 Å². The number of piperidine rings is 1. The number of hydrogen-bond acceptors (Lipinski definition) is 9. The number of amides is 1. The van der Waals surface area contributed by atoms with Crippen LogP contribution < -0.4 is 5.32 Å². The summed E-state index contributed by atoms with van der Waals surface area (Å²) in [4.78, 5) is 50.2. The van der Waals surface area contributed by atoms with Gasteiger partial charge in [-0.1, -0.05) is 6.07 Å². The number of nitrogens with one attached hydrogen (secondary N) is 1. The largest absolute Gasteiger partial charge is 0.481 e. The minimum Gasteiger partial charge on any atom is -0.481 e. The van der Waals surface area contributed by atoms with E-state index in [9.17, 15) is 23.6 Å². The van der Waals surface area contributed by atoms with Gasteiger partial charge in [-0.05, 0) is 56.9 Å². The third-order valence-electron chi connectivity index (χ3n) is 7.30. The van der Waals surface area contributed by atoms with Gasteiger partial charge in [0.25, 0.3) is 0 Å². The molecule has 1 aromatic heterocycles. The Morgan fingerprint density at radius 2 is 1.74 bits per heavy atom. The van der Waals surface area contributed by atoms with E-state index in [0.717, 1.165) is 42.8 Å². The quantitative estimate of drug-likeness (QED) is 0.262. The van der Waals surface area contributed by atoms with E-state index in [0.29, 0.717) is 19.6 Å². The van der Waals surface area contributed by atoms with Gasteiger partial charge in [0.15, 0.2) is 5.60 Å². The molecule has 1 aromatic carbocycles. The number of thiazole rings is 1.